The number of carbonyl (C=O) groups is 2. The highest BCUT2D eigenvalue weighted by molar-refractivity contribution is 6.31. The number of rotatable bonds is 8. The number of carbonyl (C=O) groups excluding carboxylic acids is 2. The van der Waals surface area contributed by atoms with Crippen LogP contribution in [0.25, 0.3) is 0 Å². The Morgan fingerprint density at radius 2 is 1.75 bits per heavy atom. The fourth-order valence-electron chi connectivity index (χ4n) is 3.92. The molecular weight excluding hydrogens is 426 g/mol. The summed E-state index contributed by atoms with van der Waals surface area (Å²) >= 11 is 6.23. The fourth-order valence-corrected chi connectivity index (χ4v) is 4.12. The summed E-state index contributed by atoms with van der Waals surface area (Å²) in [5.74, 6) is -0.103. The molecule has 0 aromatic heterocycles. The summed E-state index contributed by atoms with van der Waals surface area (Å²) in [6, 6.07) is 15.1. The molecule has 2 N–H and O–H groups in total. The first-order valence-electron chi connectivity index (χ1n) is 11.2. The lowest BCUT2D eigenvalue weighted by atomic mass is 9.78. The van der Waals surface area contributed by atoms with Gasteiger partial charge in [-0.05, 0) is 68.2 Å². The average Bonchev–Trinajstić information content (AvgIpc) is 2.83. The van der Waals surface area contributed by atoms with Crippen molar-refractivity contribution in [1.29, 1.82) is 0 Å². The molecule has 0 bridgehead atoms. The van der Waals surface area contributed by atoms with Gasteiger partial charge >= 0.3 is 6.09 Å². The van der Waals surface area contributed by atoms with E-state index in [4.69, 9.17) is 16.3 Å². The first kappa shape index (κ1) is 24.1. The maximum Gasteiger partial charge on any atom is 0.411 e. The van der Waals surface area contributed by atoms with Crippen LogP contribution in [0.4, 0.5) is 10.5 Å². The van der Waals surface area contributed by atoms with Crippen molar-refractivity contribution in [2.24, 2.45) is 5.41 Å². The van der Waals surface area contributed by atoms with E-state index >= 15 is 0 Å². The van der Waals surface area contributed by atoms with Crippen LogP contribution >= 0.6 is 11.6 Å². The highest BCUT2D eigenvalue weighted by Gasteiger charge is 2.42. The van der Waals surface area contributed by atoms with Gasteiger partial charge in [-0.3, -0.25) is 10.1 Å². The number of likely N-dealkylation sites (tertiary alicyclic amines) is 1. The molecule has 0 radical (unpaired) electrons. The number of halogens is 1. The van der Waals surface area contributed by atoms with E-state index in [1.165, 1.54) is 5.56 Å². The summed E-state index contributed by atoms with van der Waals surface area (Å²) in [7, 11) is 0. The molecule has 1 saturated heterocycles. The molecule has 0 unspecified atom stereocenters. The van der Waals surface area contributed by atoms with Gasteiger partial charge in [-0.25, -0.2) is 4.79 Å². The van der Waals surface area contributed by atoms with Crippen molar-refractivity contribution < 1.29 is 14.3 Å². The third-order valence-electron chi connectivity index (χ3n) is 6.23. The third kappa shape index (κ3) is 6.24. The number of piperidine rings is 1. The molecule has 32 heavy (non-hydrogen) atoms. The van der Waals surface area contributed by atoms with Crippen molar-refractivity contribution in [3.8, 4) is 0 Å². The Kier molecular flexibility index (Phi) is 8.53. The van der Waals surface area contributed by atoms with Crippen LogP contribution in [0.1, 0.15) is 37.8 Å². The molecule has 0 saturated carbocycles. The predicted molar refractivity (Wildman–Crippen MR) is 128 cm³/mol. The van der Waals surface area contributed by atoms with E-state index in [0.717, 1.165) is 31.6 Å². The van der Waals surface area contributed by atoms with Gasteiger partial charge in [0.15, 0.2) is 0 Å². The summed E-state index contributed by atoms with van der Waals surface area (Å²) in [5.41, 5.74) is 1.97. The van der Waals surface area contributed by atoms with E-state index in [1.54, 1.807) is 6.07 Å². The smallest absolute Gasteiger partial charge is 0.411 e. The Balaban J connectivity index is 1.62. The van der Waals surface area contributed by atoms with Crippen molar-refractivity contribution in [2.75, 3.05) is 31.6 Å². The third-order valence-corrected chi connectivity index (χ3v) is 6.60. The van der Waals surface area contributed by atoms with E-state index in [0.29, 0.717) is 30.1 Å². The van der Waals surface area contributed by atoms with E-state index in [1.807, 2.05) is 42.5 Å². The zero-order valence-electron chi connectivity index (χ0n) is 18.8. The number of nitrogens with one attached hydrogen (secondary N) is 2. The average molecular weight is 458 g/mol. The summed E-state index contributed by atoms with van der Waals surface area (Å²) in [6.07, 6.45) is 1.65. The van der Waals surface area contributed by atoms with Gasteiger partial charge in [0, 0.05) is 17.3 Å². The zero-order valence-corrected chi connectivity index (χ0v) is 19.6. The normalized spacial score (nSPS) is 15.7. The number of nitrogens with zero attached hydrogens (tertiary/aromatic N) is 1. The molecule has 1 heterocycles. The maximum atomic E-state index is 13.3. The van der Waals surface area contributed by atoms with Crippen molar-refractivity contribution in [3.63, 3.8) is 0 Å². The first-order chi connectivity index (χ1) is 15.5. The molecule has 3 rings (SSSR count). The highest BCUT2D eigenvalue weighted by Crippen LogP contribution is 2.33. The minimum absolute atomic E-state index is 0.0395. The minimum atomic E-state index is -0.754. The van der Waals surface area contributed by atoms with E-state index in [-0.39, 0.29) is 12.5 Å². The van der Waals surface area contributed by atoms with Crippen LogP contribution in [0.2, 0.25) is 5.02 Å². The summed E-state index contributed by atoms with van der Waals surface area (Å²) in [6.45, 7) is 7.09. The second-order valence-corrected chi connectivity index (χ2v) is 8.65. The zero-order chi connectivity index (χ0) is 23.0. The van der Waals surface area contributed by atoms with Crippen molar-refractivity contribution in [2.45, 2.75) is 39.7 Å². The highest BCUT2D eigenvalue weighted by atomic mass is 35.5. The van der Waals surface area contributed by atoms with Gasteiger partial charge in [-0.15, -0.1) is 0 Å². The SMILES string of the molecule is CCc1ccc(NC(=O)OCC2(C(=O)NCc3ccccc3Cl)CCN(CC)CC2)cc1. The molecule has 0 aliphatic carbocycles. The minimum Gasteiger partial charge on any atom is -0.448 e. The number of hydrogen-bond donors (Lipinski definition) is 2. The van der Waals surface area contributed by atoms with Gasteiger partial charge in [0.25, 0.3) is 0 Å². The quantitative estimate of drug-likeness (QED) is 0.593. The second-order valence-electron chi connectivity index (χ2n) is 8.24. The topological polar surface area (TPSA) is 70.7 Å². The molecular formula is C25H32ClN3O3. The summed E-state index contributed by atoms with van der Waals surface area (Å²) < 4.78 is 5.56. The van der Waals surface area contributed by atoms with E-state index in [2.05, 4.69) is 29.4 Å². The van der Waals surface area contributed by atoms with Crippen LogP contribution in [0.5, 0.6) is 0 Å². The monoisotopic (exact) mass is 457 g/mol. The lowest BCUT2D eigenvalue weighted by molar-refractivity contribution is -0.137. The van der Waals surface area contributed by atoms with Crippen LogP contribution in [0, 0.1) is 5.41 Å². The fraction of sp³-hybridized carbons (Fsp3) is 0.440. The van der Waals surface area contributed by atoms with Crippen LogP contribution in [0.3, 0.4) is 0 Å². The lowest BCUT2D eigenvalue weighted by Gasteiger charge is -2.39. The molecule has 1 aliphatic rings. The number of hydrogen-bond acceptors (Lipinski definition) is 4. The Morgan fingerprint density at radius 1 is 1.06 bits per heavy atom. The summed E-state index contributed by atoms with van der Waals surface area (Å²) in [4.78, 5) is 28.0. The lowest BCUT2D eigenvalue weighted by Crippen LogP contribution is -2.51. The number of anilines is 1. The van der Waals surface area contributed by atoms with Gasteiger partial charge in [0.05, 0.1) is 5.41 Å². The second kappa shape index (κ2) is 11.3. The molecule has 0 spiro atoms. The predicted octanol–water partition coefficient (Wildman–Crippen LogP) is 4.87. The Bertz CT molecular complexity index is 909. The first-order valence-corrected chi connectivity index (χ1v) is 11.6. The van der Waals surface area contributed by atoms with Crippen LogP contribution in [-0.2, 0) is 22.5 Å². The molecule has 7 heteroatoms. The Labute approximate surface area is 195 Å². The van der Waals surface area contributed by atoms with Crippen LogP contribution in [0.15, 0.2) is 48.5 Å². The Hall–Kier alpha value is -2.57. The largest absolute Gasteiger partial charge is 0.448 e. The molecule has 2 aromatic carbocycles. The van der Waals surface area contributed by atoms with Gasteiger partial charge in [-0.1, -0.05) is 55.8 Å². The molecule has 2 amide bonds. The number of aryl methyl sites for hydroxylation is 1. The van der Waals surface area contributed by atoms with E-state index in [9.17, 15) is 9.59 Å². The van der Waals surface area contributed by atoms with E-state index < -0.39 is 11.5 Å². The molecule has 0 atom stereocenters. The van der Waals surface area contributed by atoms with Crippen molar-refractivity contribution in [1.82, 2.24) is 10.2 Å². The number of ether oxygens (including phenoxy) is 1. The van der Waals surface area contributed by atoms with Gasteiger partial charge in [0.2, 0.25) is 5.91 Å². The standard InChI is InChI=1S/C25H32ClN3O3/c1-3-19-9-11-21(12-10-19)28-24(31)32-18-25(13-15-29(4-2)16-14-25)23(30)27-17-20-7-5-6-8-22(20)26/h5-12H,3-4,13-18H2,1-2H3,(H,27,30)(H,28,31). The van der Waals surface area contributed by atoms with Crippen molar-refractivity contribution >= 4 is 29.3 Å². The number of amides is 2. The maximum absolute atomic E-state index is 13.3. The van der Waals surface area contributed by atoms with Crippen LogP contribution < -0.4 is 10.6 Å². The van der Waals surface area contributed by atoms with Crippen LogP contribution in [-0.4, -0.2) is 43.1 Å². The molecule has 1 fully saturated rings. The van der Waals surface area contributed by atoms with Gasteiger partial charge in [-0.2, -0.15) is 0 Å². The summed E-state index contributed by atoms with van der Waals surface area (Å²) in [5, 5.41) is 6.39. The molecule has 1 aliphatic heterocycles. The van der Waals surface area contributed by atoms with Crippen molar-refractivity contribution in [3.05, 3.63) is 64.7 Å². The van der Waals surface area contributed by atoms with Gasteiger partial charge < -0.3 is 15.0 Å². The molecule has 2 aromatic rings. The van der Waals surface area contributed by atoms with Gasteiger partial charge in [0.1, 0.15) is 6.61 Å². The molecule has 172 valence electrons. The Morgan fingerprint density at radius 3 is 2.38 bits per heavy atom. The molecule has 6 nitrogen and oxygen atoms in total. The number of benzene rings is 2.